The van der Waals surface area contributed by atoms with Crippen molar-refractivity contribution in [1.29, 1.82) is 0 Å². The summed E-state index contributed by atoms with van der Waals surface area (Å²) < 4.78 is 31.9. The quantitative estimate of drug-likeness (QED) is 0.868. The molecule has 2 aliphatic rings. The van der Waals surface area contributed by atoms with Crippen LogP contribution in [0.3, 0.4) is 0 Å². The Kier molecular flexibility index (Phi) is 5.57. The Morgan fingerprint density at radius 2 is 2.12 bits per heavy atom. The Hall–Kier alpha value is -1.38. The minimum absolute atomic E-state index is 0.0323. The fraction of sp³-hybridized carbons (Fsp3) is 0.562. The summed E-state index contributed by atoms with van der Waals surface area (Å²) in [6, 6.07) is 2.60. The highest BCUT2D eigenvalue weighted by atomic mass is 32.2. The predicted octanol–water partition coefficient (Wildman–Crippen LogP) is 2.29. The predicted molar refractivity (Wildman–Crippen MR) is 90.4 cm³/mol. The van der Waals surface area contributed by atoms with E-state index in [0.29, 0.717) is 19.8 Å². The third-order valence-corrected chi connectivity index (χ3v) is 5.76. The average Bonchev–Trinajstić information content (AvgIpc) is 3.07. The molecular weight excluding hydrogens is 336 g/mol. The number of nitrogens with one attached hydrogen (secondary N) is 2. The highest BCUT2D eigenvalue weighted by Crippen LogP contribution is 2.33. The molecule has 0 aliphatic carbocycles. The zero-order valence-electron chi connectivity index (χ0n) is 13.3. The zero-order valence-corrected chi connectivity index (χ0v) is 14.1. The van der Waals surface area contributed by atoms with Crippen molar-refractivity contribution in [3.05, 3.63) is 29.8 Å². The van der Waals surface area contributed by atoms with Crippen LogP contribution in [-0.2, 0) is 4.74 Å². The number of benzene rings is 1. The highest BCUT2D eigenvalue weighted by Gasteiger charge is 2.40. The molecule has 2 heterocycles. The van der Waals surface area contributed by atoms with Crippen molar-refractivity contribution in [1.82, 2.24) is 10.2 Å². The van der Waals surface area contributed by atoms with E-state index in [4.69, 9.17) is 4.74 Å². The topological polar surface area (TPSA) is 53.6 Å². The molecule has 1 atom stereocenters. The van der Waals surface area contributed by atoms with Gasteiger partial charge in [0.1, 0.15) is 11.6 Å². The maximum Gasteiger partial charge on any atom is 0.319 e. The Morgan fingerprint density at radius 1 is 1.33 bits per heavy atom. The van der Waals surface area contributed by atoms with Crippen molar-refractivity contribution in [2.45, 2.75) is 12.0 Å². The lowest BCUT2D eigenvalue weighted by Crippen LogP contribution is -2.59. The largest absolute Gasteiger partial charge is 0.379 e. The third kappa shape index (κ3) is 3.99. The molecule has 132 valence electrons. The lowest BCUT2D eigenvalue weighted by Gasteiger charge is -2.43. The van der Waals surface area contributed by atoms with Crippen molar-refractivity contribution in [2.24, 2.45) is 0 Å². The number of nitrogens with zero attached hydrogens (tertiary/aromatic N) is 1. The normalized spacial score (nSPS) is 24.8. The van der Waals surface area contributed by atoms with Crippen LogP contribution in [0, 0.1) is 11.6 Å². The lowest BCUT2D eigenvalue weighted by atomic mass is 9.95. The van der Waals surface area contributed by atoms with E-state index >= 15 is 0 Å². The second kappa shape index (κ2) is 7.67. The van der Waals surface area contributed by atoms with Crippen molar-refractivity contribution >= 4 is 23.5 Å². The molecule has 2 amide bonds. The lowest BCUT2D eigenvalue weighted by molar-refractivity contribution is -0.0123. The summed E-state index contributed by atoms with van der Waals surface area (Å²) in [4.78, 5) is 14.5. The van der Waals surface area contributed by atoms with E-state index < -0.39 is 17.7 Å². The molecular formula is C16H21F2N3O2S. The molecule has 0 radical (unpaired) electrons. The summed E-state index contributed by atoms with van der Waals surface area (Å²) in [5.74, 6) is 0.558. The van der Waals surface area contributed by atoms with E-state index in [1.807, 2.05) is 11.8 Å². The number of morpholine rings is 1. The van der Waals surface area contributed by atoms with Crippen LogP contribution in [0.1, 0.15) is 6.42 Å². The molecule has 0 bridgehead atoms. The molecule has 3 rings (SSSR count). The monoisotopic (exact) mass is 357 g/mol. The van der Waals surface area contributed by atoms with Gasteiger partial charge in [0.2, 0.25) is 0 Å². The Morgan fingerprint density at radius 3 is 2.79 bits per heavy atom. The van der Waals surface area contributed by atoms with Crippen LogP contribution in [-0.4, -0.2) is 60.8 Å². The van der Waals surface area contributed by atoms with Gasteiger partial charge in [-0.15, -0.1) is 0 Å². The molecule has 1 aromatic rings. The van der Waals surface area contributed by atoms with E-state index in [1.54, 1.807) is 0 Å². The Balaban J connectivity index is 1.59. The van der Waals surface area contributed by atoms with E-state index in [9.17, 15) is 13.6 Å². The minimum Gasteiger partial charge on any atom is -0.379 e. The Labute approximate surface area is 144 Å². The number of rotatable bonds is 4. The molecule has 2 saturated heterocycles. The SMILES string of the molecule is O=C(NC[C@]1(N2CCOCC2)CCSC1)Nc1ccc(F)cc1F. The molecule has 0 unspecified atom stereocenters. The molecule has 24 heavy (non-hydrogen) atoms. The average molecular weight is 357 g/mol. The van der Waals surface area contributed by atoms with Gasteiger partial charge in [0.15, 0.2) is 0 Å². The van der Waals surface area contributed by atoms with Crippen molar-refractivity contribution in [3.63, 3.8) is 0 Å². The standard InChI is InChI=1S/C16H21F2N3O2S/c17-12-1-2-14(13(18)9-12)20-15(22)19-10-16(3-8-24-11-16)21-4-6-23-7-5-21/h1-2,9H,3-8,10-11H2,(H2,19,20,22)/t16-/m1/s1. The van der Waals surface area contributed by atoms with E-state index in [2.05, 4.69) is 15.5 Å². The zero-order chi connectivity index (χ0) is 17.0. The first-order valence-corrected chi connectivity index (χ1v) is 9.15. The summed E-state index contributed by atoms with van der Waals surface area (Å²) in [5, 5.41) is 5.29. The van der Waals surface area contributed by atoms with Gasteiger partial charge in [-0.25, -0.2) is 13.6 Å². The van der Waals surface area contributed by atoms with Gasteiger partial charge < -0.3 is 15.4 Å². The molecule has 0 aromatic heterocycles. The fourth-order valence-electron chi connectivity index (χ4n) is 3.14. The number of hydrogen-bond acceptors (Lipinski definition) is 4. The van der Waals surface area contributed by atoms with Gasteiger partial charge in [0, 0.05) is 37.0 Å². The maximum absolute atomic E-state index is 13.6. The molecule has 2 aliphatic heterocycles. The second-order valence-electron chi connectivity index (χ2n) is 6.06. The van der Waals surface area contributed by atoms with Gasteiger partial charge >= 0.3 is 6.03 Å². The first-order chi connectivity index (χ1) is 11.6. The Bertz CT molecular complexity index is 591. The van der Waals surface area contributed by atoms with E-state index in [0.717, 1.165) is 43.1 Å². The van der Waals surface area contributed by atoms with Gasteiger partial charge in [0.25, 0.3) is 0 Å². The van der Waals surface area contributed by atoms with E-state index in [1.165, 1.54) is 6.07 Å². The second-order valence-corrected chi connectivity index (χ2v) is 7.16. The molecule has 5 nitrogen and oxygen atoms in total. The number of anilines is 1. The number of urea groups is 1. The summed E-state index contributed by atoms with van der Waals surface area (Å²) in [5.41, 5.74) is -0.109. The first kappa shape index (κ1) is 17.4. The minimum atomic E-state index is -0.788. The van der Waals surface area contributed by atoms with Crippen LogP contribution in [0.4, 0.5) is 19.3 Å². The van der Waals surface area contributed by atoms with Crippen LogP contribution < -0.4 is 10.6 Å². The number of carbonyl (C=O) groups excluding carboxylic acids is 1. The maximum atomic E-state index is 13.6. The highest BCUT2D eigenvalue weighted by molar-refractivity contribution is 7.99. The van der Waals surface area contributed by atoms with Crippen LogP contribution in [0.25, 0.3) is 0 Å². The van der Waals surface area contributed by atoms with Crippen LogP contribution in [0.15, 0.2) is 18.2 Å². The number of carbonyl (C=O) groups is 1. The smallest absolute Gasteiger partial charge is 0.319 e. The summed E-state index contributed by atoms with van der Waals surface area (Å²) in [6.45, 7) is 3.63. The van der Waals surface area contributed by atoms with Crippen molar-refractivity contribution in [2.75, 3.05) is 49.7 Å². The van der Waals surface area contributed by atoms with E-state index in [-0.39, 0.29) is 11.2 Å². The van der Waals surface area contributed by atoms with Gasteiger partial charge in [-0.2, -0.15) is 11.8 Å². The number of hydrogen-bond donors (Lipinski definition) is 2. The first-order valence-electron chi connectivity index (χ1n) is 8.00. The number of thioether (sulfide) groups is 1. The van der Waals surface area contributed by atoms with Gasteiger partial charge in [-0.1, -0.05) is 0 Å². The third-order valence-electron chi connectivity index (χ3n) is 4.52. The van der Waals surface area contributed by atoms with Crippen LogP contribution in [0.5, 0.6) is 0 Å². The fourth-order valence-corrected chi connectivity index (χ4v) is 4.61. The molecule has 0 saturated carbocycles. The molecule has 0 spiro atoms. The molecule has 2 fully saturated rings. The summed E-state index contributed by atoms with van der Waals surface area (Å²) in [7, 11) is 0. The van der Waals surface area contributed by atoms with Crippen molar-refractivity contribution < 1.29 is 18.3 Å². The number of halogens is 2. The van der Waals surface area contributed by atoms with Gasteiger partial charge in [-0.3, -0.25) is 4.90 Å². The molecule has 8 heteroatoms. The van der Waals surface area contributed by atoms with Crippen molar-refractivity contribution in [3.8, 4) is 0 Å². The van der Waals surface area contributed by atoms with Gasteiger partial charge in [0.05, 0.1) is 18.9 Å². The number of amides is 2. The number of ether oxygens (including phenoxy) is 1. The van der Waals surface area contributed by atoms with Crippen LogP contribution >= 0.6 is 11.8 Å². The summed E-state index contributed by atoms with van der Waals surface area (Å²) in [6.07, 6.45) is 1.00. The van der Waals surface area contributed by atoms with Gasteiger partial charge in [-0.05, 0) is 24.3 Å². The summed E-state index contributed by atoms with van der Waals surface area (Å²) >= 11 is 1.88. The molecule has 2 N–H and O–H groups in total. The van der Waals surface area contributed by atoms with Crippen LogP contribution in [0.2, 0.25) is 0 Å². The molecule has 1 aromatic carbocycles.